The van der Waals surface area contributed by atoms with Crippen molar-refractivity contribution < 1.29 is 15.0 Å². The molecule has 0 aromatic heterocycles. The first-order chi connectivity index (χ1) is 6.61. The van der Waals surface area contributed by atoms with Crippen LogP contribution in [0.2, 0.25) is 0 Å². The van der Waals surface area contributed by atoms with Gasteiger partial charge in [0.15, 0.2) is 0 Å². The Labute approximate surface area is 85.1 Å². The quantitative estimate of drug-likeness (QED) is 0.726. The maximum absolute atomic E-state index is 10.9. The van der Waals surface area contributed by atoms with Gasteiger partial charge in [0.25, 0.3) is 0 Å². The lowest BCUT2D eigenvalue weighted by Crippen LogP contribution is -2.27. The first-order valence-electron chi connectivity index (χ1n) is 5.33. The molecule has 1 saturated carbocycles. The second-order valence-corrected chi connectivity index (χ2v) is 4.23. The number of hydrogen-bond acceptors (Lipinski definition) is 2. The maximum Gasteiger partial charge on any atom is 0.306 e. The van der Waals surface area contributed by atoms with Gasteiger partial charge in [0.2, 0.25) is 0 Å². The third-order valence-electron chi connectivity index (χ3n) is 2.99. The molecule has 0 heterocycles. The Morgan fingerprint density at radius 1 is 1.64 bits per heavy atom. The Bertz CT molecular complexity index is 189. The van der Waals surface area contributed by atoms with Gasteiger partial charge in [-0.1, -0.05) is 0 Å². The van der Waals surface area contributed by atoms with Gasteiger partial charge in [0.05, 0.1) is 12.0 Å². The monoisotopic (exact) mass is 199 g/mol. The van der Waals surface area contributed by atoms with Crippen molar-refractivity contribution >= 4 is 5.97 Å². The van der Waals surface area contributed by atoms with Crippen LogP contribution in [-0.4, -0.2) is 22.3 Å². The fourth-order valence-corrected chi connectivity index (χ4v) is 2.13. The molecule has 1 fully saturated rings. The van der Waals surface area contributed by atoms with E-state index >= 15 is 0 Å². The van der Waals surface area contributed by atoms with E-state index in [0.717, 1.165) is 25.7 Å². The van der Waals surface area contributed by atoms with Crippen LogP contribution in [-0.2, 0) is 4.79 Å². The van der Waals surface area contributed by atoms with Crippen molar-refractivity contribution in [3.8, 4) is 0 Å². The second kappa shape index (κ2) is 5.35. The average Bonchev–Trinajstić information content (AvgIpc) is 2.15. The van der Waals surface area contributed by atoms with Crippen LogP contribution < -0.4 is 0 Å². The highest BCUT2D eigenvalue weighted by Crippen LogP contribution is 2.33. The van der Waals surface area contributed by atoms with Crippen LogP contribution in [0.3, 0.4) is 0 Å². The van der Waals surface area contributed by atoms with Crippen molar-refractivity contribution in [1.82, 2.24) is 0 Å². The van der Waals surface area contributed by atoms with Crippen LogP contribution in [0.15, 0.2) is 0 Å². The largest absolute Gasteiger partial charge is 0.481 e. The molecular formula is C11H19O3. The number of carboxylic acids is 1. The Hall–Kier alpha value is -0.570. The van der Waals surface area contributed by atoms with E-state index in [4.69, 9.17) is 10.2 Å². The van der Waals surface area contributed by atoms with Gasteiger partial charge in [-0.25, -0.2) is 0 Å². The number of rotatable bonds is 4. The fraction of sp³-hybridized carbons (Fsp3) is 0.818. The molecule has 0 aliphatic heterocycles. The van der Waals surface area contributed by atoms with Crippen LogP contribution in [0, 0.1) is 18.3 Å². The molecule has 3 nitrogen and oxygen atoms in total. The number of aliphatic hydroxyl groups is 1. The Balaban J connectivity index is 2.42. The summed E-state index contributed by atoms with van der Waals surface area (Å²) in [5.74, 6) is -0.636. The standard InChI is InChI=1S/C11H19O3/c1-8(12)6-7-9-4-2-3-5-10(9)11(13)14/h2,8-10,12H,3-7H2,1H3,(H,13,14). The van der Waals surface area contributed by atoms with Crippen LogP contribution in [0.1, 0.15) is 39.0 Å². The molecule has 0 spiro atoms. The molecule has 1 radical (unpaired) electrons. The number of aliphatic carboxylic acids is 1. The summed E-state index contributed by atoms with van der Waals surface area (Å²) >= 11 is 0. The molecule has 3 unspecified atom stereocenters. The zero-order chi connectivity index (χ0) is 10.6. The molecule has 0 bridgehead atoms. The minimum atomic E-state index is -0.673. The minimum absolute atomic E-state index is 0.196. The lowest BCUT2D eigenvalue weighted by Gasteiger charge is -2.28. The van der Waals surface area contributed by atoms with Gasteiger partial charge in [-0.05, 0) is 51.4 Å². The van der Waals surface area contributed by atoms with Crippen molar-refractivity contribution in [2.75, 3.05) is 0 Å². The van der Waals surface area contributed by atoms with Crippen molar-refractivity contribution in [1.29, 1.82) is 0 Å². The number of carbonyl (C=O) groups is 1. The van der Waals surface area contributed by atoms with E-state index in [1.165, 1.54) is 0 Å². The smallest absolute Gasteiger partial charge is 0.306 e. The molecule has 81 valence electrons. The summed E-state index contributed by atoms with van der Waals surface area (Å²) in [6.07, 6.45) is 5.97. The molecule has 1 aliphatic carbocycles. The number of hydrogen-bond donors (Lipinski definition) is 2. The topological polar surface area (TPSA) is 57.5 Å². The molecular weight excluding hydrogens is 180 g/mol. The van der Waals surface area contributed by atoms with E-state index in [1.54, 1.807) is 6.92 Å². The van der Waals surface area contributed by atoms with E-state index in [-0.39, 0.29) is 17.9 Å². The van der Waals surface area contributed by atoms with Gasteiger partial charge in [0.1, 0.15) is 0 Å². The summed E-state index contributed by atoms with van der Waals surface area (Å²) in [6, 6.07) is 0. The van der Waals surface area contributed by atoms with Crippen molar-refractivity contribution in [2.45, 2.75) is 45.1 Å². The minimum Gasteiger partial charge on any atom is -0.481 e. The van der Waals surface area contributed by atoms with Gasteiger partial charge < -0.3 is 10.2 Å². The first kappa shape index (κ1) is 11.5. The van der Waals surface area contributed by atoms with Gasteiger partial charge in [-0.3, -0.25) is 4.79 Å². The zero-order valence-corrected chi connectivity index (χ0v) is 8.65. The van der Waals surface area contributed by atoms with E-state index in [0.29, 0.717) is 6.42 Å². The van der Waals surface area contributed by atoms with E-state index in [9.17, 15) is 4.79 Å². The third kappa shape index (κ3) is 3.29. The number of aliphatic hydroxyl groups excluding tert-OH is 1. The molecule has 3 heteroatoms. The van der Waals surface area contributed by atoms with E-state index in [1.807, 2.05) is 0 Å². The Kier molecular flexibility index (Phi) is 4.39. The predicted octanol–water partition coefficient (Wildman–Crippen LogP) is 1.85. The highest BCUT2D eigenvalue weighted by Gasteiger charge is 2.30. The molecule has 0 amide bonds. The first-order valence-corrected chi connectivity index (χ1v) is 5.33. The van der Waals surface area contributed by atoms with E-state index in [2.05, 4.69) is 6.42 Å². The zero-order valence-electron chi connectivity index (χ0n) is 8.65. The SMILES string of the molecule is CC(O)CCC1C[CH]CCC1C(=O)O. The van der Waals surface area contributed by atoms with Crippen LogP contribution >= 0.6 is 0 Å². The summed E-state index contributed by atoms with van der Waals surface area (Å²) in [7, 11) is 0. The maximum atomic E-state index is 10.9. The normalized spacial score (nSPS) is 29.9. The Morgan fingerprint density at radius 3 is 2.93 bits per heavy atom. The summed E-state index contributed by atoms with van der Waals surface area (Å²) in [6.45, 7) is 1.75. The van der Waals surface area contributed by atoms with Crippen molar-refractivity contribution in [3.05, 3.63) is 6.42 Å². The lowest BCUT2D eigenvalue weighted by molar-refractivity contribution is -0.144. The average molecular weight is 199 g/mol. The highest BCUT2D eigenvalue weighted by molar-refractivity contribution is 5.70. The van der Waals surface area contributed by atoms with Crippen molar-refractivity contribution in [3.63, 3.8) is 0 Å². The molecule has 2 N–H and O–H groups in total. The fourth-order valence-electron chi connectivity index (χ4n) is 2.13. The molecule has 0 aromatic carbocycles. The molecule has 0 aromatic rings. The van der Waals surface area contributed by atoms with Crippen LogP contribution in [0.4, 0.5) is 0 Å². The summed E-state index contributed by atoms with van der Waals surface area (Å²) < 4.78 is 0. The van der Waals surface area contributed by atoms with Gasteiger partial charge in [-0.15, -0.1) is 0 Å². The highest BCUT2D eigenvalue weighted by atomic mass is 16.4. The van der Waals surface area contributed by atoms with Crippen molar-refractivity contribution in [2.24, 2.45) is 11.8 Å². The molecule has 0 saturated heterocycles. The van der Waals surface area contributed by atoms with Crippen LogP contribution in [0.25, 0.3) is 0 Å². The summed E-state index contributed by atoms with van der Waals surface area (Å²) in [5.41, 5.74) is 0. The van der Waals surface area contributed by atoms with Gasteiger partial charge in [-0.2, -0.15) is 0 Å². The summed E-state index contributed by atoms with van der Waals surface area (Å²) in [4.78, 5) is 10.9. The molecule has 1 aliphatic rings. The molecule has 3 atom stereocenters. The number of carboxylic acid groups (broad SMARTS) is 1. The van der Waals surface area contributed by atoms with Gasteiger partial charge >= 0.3 is 5.97 Å². The molecule has 1 rings (SSSR count). The lowest BCUT2D eigenvalue weighted by atomic mass is 9.76. The van der Waals surface area contributed by atoms with Crippen LogP contribution in [0.5, 0.6) is 0 Å². The molecule has 14 heavy (non-hydrogen) atoms. The summed E-state index contributed by atoms with van der Waals surface area (Å²) in [5, 5.41) is 18.1. The van der Waals surface area contributed by atoms with Gasteiger partial charge in [0, 0.05) is 0 Å². The Morgan fingerprint density at radius 2 is 2.36 bits per heavy atom. The van der Waals surface area contributed by atoms with E-state index < -0.39 is 5.97 Å². The predicted molar refractivity (Wildman–Crippen MR) is 53.7 cm³/mol. The second-order valence-electron chi connectivity index (χ2n) is 4.23. The third-order valence-corrected chi connectivity index (χ3v) is 2.99.